The Bertz CT molecular complexity index is 1470. The Kier molecular flexibility index (Phi) is 8.22. The monoisotopic (exact) mass is 515 g/mol. The molecule has 38 heavy (non-hydrogen) atoms. The zero-order valence-corrected chi connectivity index (χ0v) is 21.5. The van der Waals surface area contributed by atoms with Crippen LogP contribution in [0.5, 0.6) is 0 Å². The lowest BCUT2D eigenvalue weighted by Gasteiger charge is -2.23. The molecule has 0 aliphatic rings. The first-order chi connectivity index (χ1) is 18.3. The number of imidazole rings is 1. The fourth-order valence-electron chi connectivity index (χ4n) is 4.07. The molecule has 0 atom stereocenters. The van der Waals surface area contributed by atoms with E-state index in [-0.39, 0.29) is 29.0 Å². The van der Waals surface area contributed by atoms with Gasteiger partial charge in [-0.25, -0.2) is 14.4 Å². The van der Waals surface area contributed by atoms with E-state index >= 15 is 0 Å². The van der Waals surface area contributed by atoms with Gasteiger partial charge in [-0.15, -0.1) is 0 Å². The number of amidine groups is 1. The Morgan fingerprint density at radius 3 is 2.63 bits per heavy atom. The van der Waals surface area contributed by atoms with Crippen LogP contribution in [-0.4, -0.2) is 50.2 Å². The van der Waals surface area contributed by atoms with Gasteiger partial charge in [-0.2, -0.15) is 0 Å². The first-order valence-electron chi connectivity index (χ1n) is 12.2. The number of rotatable bonds is 10. The molecule has 0 aliphatic carbocycles. The Morgan fingerprint density at radius 2 is 1.92 bits per heavy atom. The second kappa shape index (κ2) is 11.7. The van der Waals surface area contributed by atoms with Crippen molar-refractivity contribution >= 4 is 34.9 Å². The van der Waals surface area contributed by atoms with Gasteiger partial charge in [-0.05, 0) is 44.5 Å². The summed E-state index contributed by atoms with van der Waals surface area (Å²) < 4.78 is 22.6. The highest BCUT2D eigenvalue weighted by Gasteiger charge is 2.19. The van der Waals surface area contributed by atoms with Crippen molar-refractivity contribution in [1.82, 2.24) is 19.4 Å². The molecule has 0 spiro atoms. The summed E-state index contributed by atoms with van der Waals surface area (Å²) in [5, 5.41) is 18.5. The fourth-order valence-corrected chi connectivity index (χ4v) is 4.07. The van der Waals surface area contributed by atoms with E-state index in [0.717, 1.165) is 11.9 Å². The van der Waals surface area contributed by atoms with E-state index in [0.29, 0.717) is 36.6 Å². The van der Waals surface area contributed by atoms with E-state index < -0.39 is 11.7 Å². The number of halogens is 1. The third kappa shape index (κ3) is 5.92. The highest BCUT2D eigenvalue weighted by atomic mass is 19.1. The lowest BCUT2D eigenvalue weighted by atomic mass is 10.1. The largest absolute Gasteiger partial charge is 0.375 e. The normalized spacial score (nSPS) is 11.1. The van der Waals surface area contributed by atoms with Crippen molar-refractivity contribution in [3.63, 3.8) is 0 Å². The molecule has 0 bridgehead atoms. The van der Waals surface area contributed by atoms with Crippen LogP contribution in [0.1, 0.15) is 41.3 Å². The number of hydrogen-bond acceptors (Lipinski definition) is 6. The molecule has 0 saturated heterocycles. The maximum atomic E-state index is 14.9. The number of anilines is 1. The van der Waals surface area contributed by atoms with Crippen LogP contribution in [0.3, 0.4) is 0 Å². The van der Waals surface area contributed by atoms with E-state index in [9.17, 15) is 9.18 Å². The van der Waals surface area contributed by atoms with Gasteiger partial charge in [0.15, 0.2) is 5.84 Å². The van der Waals surface area contributed by atoms with E-state index in [2.05, 4.69) is 15.3 Å². The van der Waals surface area contributed by atoms with Crippen molar-refractivity contribution in [3.8, 4) is 0 Å². The molecule has 0 saturated carbocycles. The molecule has 2 aromatic carbocycles. The first kappa shape index (κ1) is 26.6. The number of ether oxygens (including phenoxy) is 1. The molecular weight excluding hydrogens is 485 g/mol. The zero-order chi connectivity index (χ0) is 27.2. The maximum absolute atomic E-state index is 14.9. The second-order valence-corrected chi connectivity index (χ2v) is 9.01. The maximum Gasteiger partial charge on any atom is 0.259 e. The van der Waals surface area contributed by atoms with Crippen LogP contribution in [0.25, 0.3) is 11.0 Å². The molecule has 9 nitrogen and oxygen atoms in total. The highest BCUT2D eigenvalue weighted by Crippen LogP contribution is 2.22. The van der Waals surface area contributed by atoms with Crippen LogP contribution in [0.2, 0.25) is 0 Å². The molecule has 4 aromatic rings. The zero-order valence-electron chi connectivity index (χ0n) is 21.5. The predicted octanol–water partition coefficient (Wildman–Crippen LogP) is 4.99. The quantitative estimate of drug-likeness (QED) is 0.156. The summed E-state index contributed by atoms with van der Waals surface area (Å²) >= 11 is 0. The molecular formula is C28H30FN7O2. The SMILES string of the molecule is Cc1nc2cc(F)c(C(=O)Nc3cccc(C(=N)N(C=N)C(C)C)n3)cc2n1CCOCc1ccccc1. The van der Waals surface area contributed by atoms with Gasteiger partial charge in [0, 0.05) is 18.7 Å². The van der Waals surface area contributed by atoms with Gasteiger partial charge in [0.05, 0.1) is 36.1 Å². The average molecular weight is 516 g/mol. The minimum atomic E-state index is -0.696. The smallest absolute Gasteiger partial charge is 0.259 e. The Morgan fingerprint density at radius 1 is 1.16 bits per heavy atom. The summed E-state index contributed by atoms with van der Waals surface area (Å²) in [5.41, 5.74) is 2.28. The van der Waals surface area contributed by atoms with Crippen molar-refractivity contribution in [3.05, 3.63) is 89.1 Å². The summed E-state index contributed by atoms with van der Waals surface area (Å²) in [7, 11) is 0. The molecule has 4 rings (SSSR count). The number of carbonyl (C=O) groups is 1. The number of nitrogens with one attached hydrogen (secondary N) is 3. The molecule has 10 heteroatoms. The third-order valence-corrected chi connectivity index (χ3v) is 6.03. The van der Waals surface area contributed by atoms with Crippen LogP contribution < -0.4 is 5.32 Å². The number of aryl methyl sites for hydroxylation is 1. The number of hydrogen-bond donors (Lipinski definition) is 3. The van der Waals surface area contributed by atoms with Gasteiger partial charge < -0.3 is 19.5 Å². The summed E-state index contributed by atoms with van der Waals surface area (Å²) in [6.45, 7) is 6.93. The van der Waals surface area contributed by atoms with Crippen molar-refractivity contribution in [1.29, 1.82) is 10.8 Å². The number of pyridine rings is 1. The number of carbonyl (C=O) groups excluding carboxylic acids is 1. The molecule has 1 amide bonds. The van der Waals surface area contributed by atoms with Gasteiger partial charge >= 0.3 is 0 Å². The van der Waals surface area contributed by atoms with Gasteiger partial charge in [0.25, 0.3) is 5.91 Å². The van der Waals surface area contributed by atoms with Gasteiger partial charge in [-0.3, -0.25) is 15.6 Å². The number of aromatic nitrogens is 3. The molecule has 196 valence electrons. The summed E-state index contributed by atoms with van der Waals surface area (Å²) in [4.78, 5) is 23.2. The number of fused-ring (bicyclic) bond motifs is 1. The van der Waals surface area contributed by atoms with E-state index in [1.165, 1.54) is 17.0 Å². The third-order valence-electron chi connectivity index (χ3n) is 6.03. The van der Waals surface area contributed by atoms with Crippen LogP contribution in [0.4, 0.5) is 10.2 Å². The van der Waals surface area contributed by atoms with Crippen LogP contribution in [-0.2, 0) is 17.9 Å². The minimum absolute atomic E-state index is 0.0209. The van der Waals surface area contributed by atoms with Gasteiger partial charge in [0.2, 0.25) is 0 Å². The average Bonchev–Trinajstić information content (AvgIpc) is 3.20. The predicted molar refractivity (Wildman–Crippen MR) is 145 cm³/mol. The van der Waals surface area contributed by atoms with E-state index in [1.807, 2.05) is 55.7 Å². The first-order valence-corrected chi connectivity index (χ1v) is 12.2. The van der Waals surface area contributed by atoms with E-state index in [4.69, 9.17) is 15.6 Å². The van der Waals surface area contributed by atoms with Crippen LogP contribution in [0.15, 0.2) is 60.7 Å². The van der Waals surface area contributed by atoms with Crippen molar-refractivity contribution in [2.24, 2.45) is 0 Å². The molecule has 0 fully saturated rings. The molecule has 2 heterocycles. The number of nitrogens with zero attached hydrogens (tertiary/aromatic N) is 4. The van der Waals surface area contributed by atoms with Crippen LogP contribution >= 0.6 is 0 Å². The fraction of sp³-hybridized carbons (Fsp3) is 0.250. The van der Waals surface area contributed by atoms with Crippen molar-refractivity contribution < 1.29 is 13.9 Å². The summed E-state index contributed by atoms with van der Waals surface area (Å²) in [6, 6.07) is 17.3. The lowest BCUT2D eigenvalue weighted by molar-refractivity contribution is 0.102. The number of benzene rings is 2. The number of amides is 1. The lowest BCUT2D eigenvalue weighted by Crippen LogP contribution is -2.36. The minimum Gasteiger partial charge on any atom is -0.375 e. The standard InChI is InChI=1S/C28H30FN7O2/c1-18(2)36(17-30)27(31)23-10-7-11-26(33-23)34-28(37)21-14-25-24(15-22(21)29)32-19(3)35(25)12-13-38-16-20-8-5-4-6-9-20/h4-11,14-15,17-18,30-31H,12-13,16H2,1-3H3,(H,33,34,37). The Balaban J connectivity index is 1.51. The Labute approximate surface area is 220 Å². The Hall–Kier alpha value is -4.44. The van der Waals surface area contributed by atoms with Crippen molar-refractivity contribution in [2.45, 2.75) is 40.0 Å². The molecule has 2 aromatic heterocycles. The summed E-state index contributed by atoms with van der Waals surface area (Å²) in [5.74, 6) is -0.483. The topological polar surface area (TPSA) is 120 Å². The molecule has 0 unspecified atom stereocenters. The molecule has 0 aliphatic heterocycles. The highest BCUT2D eigenvalue weighted by molar-refractivity contribution is 6.06. The molecule has 0 radical (unpaired) electrons. The van der Waals surface area contributed by atoms with Crippen LogP contribution in [0, 0.1) is 23.6 Å². The molecule has 3 N–H and O–H groups in total. The van der Waals surface area contributed by atoms with E-state index in [1.54, 1.807) is 18.2 Å². The van der Waals surface area contributed by atoms with Gasteiger partial charge in [0.1, 0.15) is 23.2 Å². The van der Waals surface area contributed by atoms with Crippen molar-refractivity contribution in [2.75, 3.05) is 11.9 Å². The summed E-state index contributed by atoms with van der Waals surface area (Å²) in [6.07, 6.45) is 1.06. The second-order valence-electron chi connectivity index (χ2n) is 9.01. The van der Waals surface area contributed by atoms with Gasteiger partial charge in [-0.1, -0.05) is 36.4 Å².